The van der Waals surface area contributed by atoms with E-state index < -0.39 is 5.91 Å². The summed E-state index contributed by atoms with van der Waals surface area (Å²) in [7, 11) is 0. The molecule has 5 rings (SSSR count). The number of nitrogens with zero attached hydrogens (tertiary/aromatic N) is 4. The van der Waals surface area contributed by atoms with Crippen LogP contribution >= 0.6 is 0 Å². The highest BCUT2D eigenvalue weighted by Gasteiger charge is 2.26. The molecule has 3 N–H and O–H groups in total. The average molecular weight is 513 g/mol. The molecule has 1 saturated carbocycles. The second-order valence-electron chi connectivity index (χ2n) is 9.29. The Bertz CT molecular complexity index is 1330. The van der Waals surface area contributed by atoms with Crippen molar-refractivity contribution in [1.29, 1.82) is 0 Å². The zero-order chi connectivity index (χ0) is 26.5. The molecule has 10 nitrogen and oxygen atoms in total. The summed E-state index contributed by atoms with van der Waals surface area (Å²) in [6.07, 6.45) is 6.58. The van der Waals surface area contributed by atoms with Gasteiger partial charge in [0, 0.05) is 55.8 Å². The van der Waals surface area contributed by atoms with Crippen LogP contribution in [0.15, 0.2) is 67.0 Å². The number of rotatable bonds is 7. The molecule has 1 aliphatic carbocycles. The van der Waals surface area contributed by atoms with Crippen molar-refractivity contribution in [2.75, 3.05) is 31.1 Å². The molecule has 0 spiro atoms. The van der Waals surface area contributed by atoms with Gasteiger partial charge in [-0.1, -0.05) is 42.5 Å². The maximum Gasteiger partial charge on any atom is 0.277 e. The number of carbonyl (C=O) groups excluding carboxylic acids is 3. The molecule has 3 aromatic rings. The van der Waals surface area contributed by atoms with Gasteiger partial charge in [0.1, 0.15) is 0 Å². The van der Waals surface area contributed by atoms with E-state index in [1.165, 1.54) is 12.4 Å². The molecule has 2 fully saturated rings. The smallest absolute Gasteiger partial charge is 0.277 e. The van der Waals surface area contributed by atoms with E-state index >= 15 is 0 Å². The van der Waals surface area contributed by atoms with E-state index in [4.69, 9.17) is 5.21 Å². The number of hydrogen-bond donors (Lipinski definition) is 3. The van der Waals surface area contributed by atoms with Crippen LogP contribution in [0.4, 0.5) is 5.95 Å². The third-order valence-electron chi connectivity index (χ3n) is 6.56. The first-order valence-electron chi connectivity index (χ1n) is 12.5. The zero-order valence-electron chi connectivity index (χ0n) is 20.7. The van der Waals surface area contributed by atoms with Crippen molar-refractivity contribution in [3.05, 3.63) is 89.2 Å². The highest BCUT2D eigenvalue weighted by atomic mass is 16.5. The zero-order valence-corrected chi connectivity index (χ0v) is 20.7. The normalized spacial score (nSPS) is 15.7. The lowest BCUT2D eigenvalue weighted by Crippen LogP contribution is -2.49. The molecule has 0 radical (unpaired) electrons. The summed E-state index contributed by atoms with van der Waals surface area (Å²) < 4.78 is 0. The van der Waals surface area contributed by atoms with Crippen LogP contribution in [-0.4, -0.2) is 70.0 Å². The minimum atomic E-state index is -0.675. The van der Waals surface area contributed by atoms with E-state index in [2.05, 4.69) is 15.3 Å². The van der Waals surface area contributed by atoms with E-state index in [0.29, 0.717) is 43.3 Å². The van der Waals surface area contributed by atoms with Crippen LogP contribution in [0.2, 0.25) is 0 Å². The highest BCUT2D eigenvalue weighted by Crippen LogP contribution is 2.24. The maximum atomic E-state index is 13.1. The lowest BCUT2D eigenvalue weighted by Gasteiger charge is -2.34. The van der Waals surface area contributed by atoms with Crippen LogP contribution < -0.4 is 15.7 Å². The third-order valence-corrected chi connectivity index (χ3v) is 6.56. The van der Waals surface area contributed by atoms with Crippen molar-refractivity contribution in [2.45, 2.75) is 18.9 Å². The molecule has 1 saturated heterocycles. The van der Waals surface area contributed by atoms with Crippen LogP contribution in [-0.2, 0) is 4.79 Å². The van der Waals surface area contributed by atoms with Crippen LogP contribution in [0.3, 0.4) is 0 Å². The fourth-order valence-electron chi connectivity index (χ4n) is 4.24. The summed E-state index contributed by atoms with van der Waals surface area (Å²) in [6.45, 7) is 2.10. The van der Waals surface area contributed by atoms with E-state index in [-0.39, 0.29) is 23.4 Å². The summed E-state index contributed by atoms with van der Waals surface area (Å²) >= 11 is 0. The van der Waals surface area contributed by atoms with Gasteiger partial charge in [0.05, 0.1) is 5.56 Å². The fourth-order valence-corrected chi connectivity index (χ4v) is 4.24. The number of amides is 3. The molecule has 0 atom stereocenters. The standard InChI is InChI=1S/C28H28N6O4/c35-25(32-38)22-17-29-28(30-18-22)34-14-12-33(13-15-34)27(37)21-8-6-19(7-9-21)16-24(20-4-2-1-3-5-20)26(36)31-23-10-11-23/h1-9,16-18,23,38H,10-15H2,(H,31,36)(H,32,35)/b24-16-. The molecule has 194 valence electrons. The number of piperazine rings is 1. The first kappa shape index (κ1) is 25.1. The number of nitrogens with one attached hydrogen (secondary N) is 2. The average Bonchev–Trinajstić information content (AvgIpc) is 3.80. The predicted octanol–water partition coefficient (Wildman–Crippen LogP) is 2.38. The topological polar surface area (TPSA) is 128 Å². The highest BCUT2D eigenvalue weighted by molar-refractivity contribution is 6.24. The van der Waals surface area contributed by atoms with E-state index in [1.807, 2.05) is 53.4 Å². The van der Waals surface area contributed by atoms with Gasteiger partial charge in [-0.25, -0.2) is 15.4 Å². The summed E-state index contributed by atoms with van der Waals surface area (Å²) in [6, 6.07) is 17.1. The first-order chi connectivity index (χ1) is 18.5. The van der Waals surface area contributed by atoms with Crippen LogP contribution in [0.1, 0.15) is 44.7 Å². The molecular formula is C28H28N6O4. The van der Waals surface area contributed by atoms with Crippen molar-refractivity contribution < 1.29 is 19.6 Å². The second-order valence-corrected chi connectivity index (χ2v) is 9.29. The predicted molar refractivity (Wildman–Crippen MR) is 141 cm³/mol. The van der Waals surface area contributed by atoms with Crippen LogP contribution in [0.25, 0.3) is 11.6 Å². The van der Waals surface area contributed by atoms with E-state index in [0.717, 1.165) is 24.0 Å². The largest absolute Gasteiger partial charge is 0.349 e. The Kier molecular flexibility index (Phi) is 7.41. The molecule has 2 heterocycles. The second kappa shape index (κ2) is 11.2. The quantitative estimate of drug-likeness (QED) is 0.192. The fraction of sp³-hybridized carbons (Fsp3) is 0.250. The van der Waals surface area contributed by atoms with Crippen molar-refractivity contribution in [1.82, 2.24) is 25.7 Å². The Labute approximate surface area is 220 Å². The third kappa shape index (κ3) is 5.87. The Morgan fingerprint density at radius 2 is 1.50 bits per heavy atom. The number of aromatic nitrogens is 2. The summed E-state index contributed by atoms with van der Waals surface area (Å²) in [4.78, 5) is 49.6. The summed E-state index contributed by atoms with van der Waals surface area (Å²) in [5.74, 6) is -0.369. The van der Waals surface area contributed by atoms with Gasteiger partial charge in [0.25, 0.3) is 17.7 Å². The van der Waals surface area contributed by atoms with Gasteiger partial charge < -0.3 is 15.1 Å². The molecular weight excluding hydrogens is 484 g/mol. The van der Waals surface area contributed by atoms with Gasteiger partial charge in [-0.2, -0.15) is 0 Å². The Balaban J connectivity index is 1.23. The van der Waals surface area contributed by atoms with Crippen LogP contribution in [0.5, 0.6) is 0 Å². The lowest BCUT2D eigenvalue weighted by molar-refractivity contribution is -0.115. The van der Waals surface area contributed by atoms with Crippen molar-refractivity contribution in [3.8, 4) is 0 Å². The molecule has 38 heavy (non-hydrogen) atoms. The maximum absolute atomic E-state index is 13.1. The minimum Gasteiger partial charge on any atom is -0.349 e. The van der Waals surface area contributed by atoms with E-state index in [9.17, 15) is 14.4 Å². The number of hydrogen-bond acceptors (Lipinski definition) is 7. The summed E-state index contributed by atoms with van der Waals surface area (Å²) in [5, 5.41) is 11.8. The number of carbonyl (C=O) groups is 3. The SMILES string of the molecule is O=C(NC1CC1)/C(=C\c1ccc(C(=O)N2CCN(c3ncc(C(=O)NO)cn3)CC2)cc1)c1ccccc1. The molecule has 1 aromatic heterocycles. The number of hydroxylamine groups is 1. The monoisotopic (exact) mass is 512 g/mol. The first-order valence-corrected chi connectivity index (χ1v) is 12.5. The Morgan fingerprint density at radius 3 is 2.11 bits per heavy atom. The summed E-state index contributed by atoms with van der Waals surface area (Å²) in [5.41, 5.74) is 4.57. The number of benzene rings is 2. The van der Waals surface area contributed by atoms with Gasteiger partial charge >= 0.3 is 0 Å². The molecule has 3 amide bonds. The molecule has 0 unspecified atom stereocenters. The van der Waals surface area contributed by atoms with Gasteiger partial charge in [0.2, 0.25) is 5.95 Å². The molecule has 0 bridgehead atoms. The van der Waals surface area contributed by atoms with Crippen molar-refractivity contribution in [2.24, 2.45) is 0 Å². The molecule has 1 aliphatic heterocycles. The van der Waals surface area contributed by atoms with Crippen molar-refractivity contribution >= 4 is 35.3 Å². The van der Waals surface area contributed by atoms with Gasteiger partial charge in [-0.05, 0) is 42.2 Å². The van der Waals surface area contributed by atoms with Gasteiger partial charge in [0.15, 0.2) is 0 Å². The van der Waals surface area contributed by atoms with Gasteiger partial charge in [-0.3, -0.25) is 19.6 Å². The Hall–Kier alpha value is -4.57. The lowest BCUT2D eigenvalue weighted by atomic mass is 10.0. The molecule has 2 aromatic carbocycles. The van der Waals surface area contributed by atoms with Crippen molar-refractivity contribution in [3.63, 3.8) is 0 Å². The van der Waals surface area contributed by atoms with Crippen LogP contribution in [0, 0.1) is 0 Å². The minimum absolute atomic E-state index is 0.0641. The van der Waals surface area contributed by atoms with E-state index in [1.54, 1.807) is 22.5 Å². The van der Waals surface area contributed by atoms with Gasteiger partial charge in [-0.15, -0.1) is 0 Å². The Morgan fingerprint density at radius 1 is 0.842 bits per heavy atom. The number of anilines is 1. The molecule has 10 heteroatoms. The molecule has 2 aliphatic rings.